The van der Waals surface area contributed by atoms with Crippen molar-refractivity contribution in [2.45, 2.75) is 39.2 Å². The lowest BCUT2D eigenvalue weighted by atomic mass is 10.2. The normalized spacial score (nSPS) is 11.3. The number of allylic oxidation sites excluding steroid dienone is 1. The van der Waals surface area contributed by atoms with Gasteiger partial charge in [0.05, 0.1) is 11.0 Å². The average molecular weight is 361 g/mol. The van der Waals surface area contributed by atoms with Crippen LogP contribution in [0.4, 0.5) is 0 Å². The van der Waals surface area contributed by atoms with E-state index in [-0.39, 0.29) is 5.91 Å². The van der Waals surface area contributed by atoms with Gasteiger partial charge in [-0.05, 0) is 30.5 Å². The Morgan fingerprint density at radius 3 is 2.63 bits per heavy atom. The van der Waals surface area contributed by atoms with Crippen LogP contribution in [-0.4, -0.2) is 22.0 Å². The van der Waals surface area contributed by atoms with Crippen molar-refractivity contribution >= 4 is 23.0 Å². The molecule has 4 heteroatoms. The van der Waals surface area contributed by atoms with E-state index in [0.717, 1.165) is 50.1 Å². The third-order valence-corrected chi connectivity index (χ3v) is 4.58. The molecule has 0 bridgehead atoms. The number of amides is 1. The molecule has 3 aromatic rings. The highest BCUT2D eigenvalue weighted by Crippen LogP contribution is 2.18. The van der Waals surface area contributed by atoms with Crippen molar-refractivity contribution < 1.29 is 4.79 Å². The van der Waals surface area contributed by atoms with Gasteiger partial charge in [-0.3, -0.25) is 4.79 Å². The predicted octanol–water partition coefficient (Wildman–Crippen LogP) is 4.60. The van der Waals surface area contributed by atoms with Crippen LogP contribution < -0.4 is 5.32 Å². The summed E-state index contributed by atoms with van der Waals surface area (Å²) in [4.78, 5) is 15.8. The molecule has 3 rings (SSSR count). The maximum Gasteiger partial charge on any atom is 0.216 e. The van der Waals surface area contributed by atoms with Crippen LogP contribution in [0, 0.1) is 0 Å². The summed E-state index contributed by atoms with van der Waals surface area (Å²) in [6.07, 6.45) is 8.48. The van der Waals surface area contributed by atoms with Crippen LogP contribution in [0.15, 0.2) is 60.7 Å². The minimum absolute atomic E-state index is 0.0435. The van der Waals surface area contributed by atoms with E-state index in [9.17, 15) is 4.79 Å². The van der Waals surface area contributed by atoms with E-state index >= 15 is 0 Å². The van der Waals surface area contributed by atoms with Gasteiger partial charge >= 0.3 is 0 Å². The molecule has 1 heterocycles. The Bertz CT molecular complexity index is 896. The van der Waals surface area contributed by atoms with Gasteiger partial charge < -0.3 is 9.88 Å². The fraction of sp³-hybridized carbons (Fsp3) is 0.304. The van der Waals surface area contributed by atoms with E-state index in [1.54, 1.807) is 6.92 Å². The van der Waals surface area contributed by atoms with Crippen molar-refractivity contribution in [2.75, 3.05) is 6.54 Å². The van der Waals surface area contributed by atoms with Gasteiger partial charge in [-0.2, -0.15) is 0 Å². The van der Waals surface area contributed by atoms with Crippen molar-refractivity contribution in [1.29, 1.82) is 0 Å². The molecule has 0 aliphatic carbocycles. The Hall–Kier alpha value is -2.88. The smallest absolute Gasteiger partial charge is 0.216 e. The zero-order valence-corrected chi connectivity index (χ0v) is 15.9. The number of fused-ring (bicyclic) bond motifs is 1. The van der Waals surface area contributed by atoms with Gasteiger partial charge in [0.15, 0.2) is 0 Å². The van der Waals surface area contributed by atoms with Crippen molar-refractivity contribution in [3.63, 3.8) is 0 Å². The summed E-state index contributed by atoms with van der Waals surface area (Å²) in [6, 6.07) is 18.7. The summed E-state index contributed by atoms with van der Waals surface area (Å²) >= 11 is 0. The third kappa shape index (κ3) is 5.55. The van der Waals surface area contributed by atoms with E-state index in [2.05, 4.69) is 64.5 Å². The largest absolute Gasteiger partial charge is 0.356 e. The Morgan fingerprint density at radius 1 is 1.04 bits per heavy atom. The number of rotatable bonds is 9. The Labute approximate surface area is 160 Å². The van der Waals surface area contributed by atoms with Crippen molar-refractivity contribution in [3.05, 3.63) is 72.1 Å². The monoisotopic (exact) mass is 361 g/mol. The van der Waals surface area contributed by atoms with Crippen LogP contribution >= 0.6 is 0 Å². The van der Waals surface area contributed by atoms with Crippen LogP contribution in [0.3, 0.4) is 0 Å². The zero-order chi connectivity index (χ0) is 18.9. The fourth-order valence-corrected chi connectivity index (χ4v) is 3.23. The van der Waals surface area contributed by atoms with E-state index in [4.69, 9.17) is 4.98 Å². The zero-order valence-electron chi connectivity index (χ0n) is 15.9. The van der Waals surface area contributed by atoms with Gasteiger partial charge in [-0.15, -0.1) is 0 Å². The quantitative estimate of drug-likeness (QED) is 0.566. The second-order valence-electron chi connectivity index (χ2n) is 6.73. The molecule has 0 saturated carbocycles. The van der Waals surface area contributed by atoms with Gasteiger partial charge in [-0.1, -0.05) is 61.0 Å². The van der Waals surface area contributed by atoms with Crippen LogP contribution in [0.5, 0.6) is 0 Å². The molecule has 0 saturated heterocycles. The van der Waals surface area contributed by atoms with Gasteiger partial charge in [0.1, 0.15) is 5.82 Å². The Morgan fingerprint density at radius 2 is 1.81 bits per heavy atom. The summed E-state index contributed by atoms with van der Waals surface area (Å²) in [5.41, 5.74) is 3.45. The highest BCUT2D eigenvalue weighted by molar-refractivity contribution is 5.76. The lowest BCUT2D eigenvalue weighted by Crippen LogP contribution is -2.20. The van der Waals surface area contributed by atoms with Gasteiger partial charge in [0.25, 0.3) is 0 Å². The number of aryl methyl sites for hydroxylation is 1. The van der Waals surface area contributed by atoms with Crippen LogP contribution in [-0.2, 0) is 17.8 Å². The number of carbonyl (C=O) groups is 1. The summed E-state index contributed by atoms with van der Waals surface area (Å²) in [5.74, 6) is 1.18. The molecule has 0 aliphatic rings. The third-order valence-electron chi connectivity index (χ3n) is 4.58. The fourth-order valence-electron chi connectivity index (χ4n) is 3.23. The summed E-state index contributed by atoms with van der Waals surface area (Å²) in [7, 11) is 0. The van der Waals surface area contributed by atoms with Crippen molar-refractivity contribution in [3.8, 4) is 0 Å². The second kappa shape index (κ2) is 9.72. The highest BCUT2D eigenvalue weighted by Gasteiger charge is 2.09. The first-order chi connectivity index (χ1) is 13.2. The first kappa shape index (κ1) is 18.9. The predicted molar refractivity (Wildman–Crippen MR) is 111 cm³/mol. The number of nitrogens with zero attached hydrogens (tertiary/aromatic N) is 2. The van der Waals surface area contributed by atoms with E-state index < -0.39 is 0 Å². The lowest BCUT2D eigenvalue weighted by molar-refractivity contribution is -0.118. The molecule has 0 radical (unpaired) electrons. The number of unbranched alkanes of at least 4 members (excludes halogenated alkanes) is 2. The molecule has 1 aromatic heterocycles. The topological polar surface area (TPSA) is 46.9 Å². The van der Waals surface area contributed by atoms with Crippen LogP contribution in [0.1, 0.15) is 37.6 Å². The number of nitrogens with one attached hydrogen (secondary N) is 1. The minimum atomic E-state index is 0.0435. The molecular weight excluding hydrogens is 334 g/mol. The molecule has 27 heavy (non-hydrogen) atoms. The van der Waals surface area contributed by atoms with Gasteiger partial charge in [-0.25, -0.2) is 4.98 Å². The number of imidazole rings is 1. The van der Waals surface area contributed by atoms with E-state index in [0.29, 0.717) is 0 Å². The summed E-state index contributed by atoms with van der Waals surface area (Å²) in [5, 5.41) is 2.85. The van der Waals surface area contributed by atoms with Crippen molar-refractivity contribution in [2.24, 2.45) is 0 Å². The van der Waals surface area contributed by atoms with E-state index in [1.807, 2.05) is 12.1 Å². The number of para-hydroxylation sites is 2. The number of hydrogen-bond acceptors (Lipinski definition) is 2. The molecule has 0 atom stereocenters. The molecule has 0 aliphatic heterocycles. The molecule has 0 fully saturated rings. The summed E-state index contributed by atoms with van der Waals surface area (Å²) in [6.45, 7) is 3.13. The first-order valence-corrected chi connectivity index (χ1v) is 9.64. The standard InChI is InChI=1S/C23H27N3O/c1-19(27)24-17-9-3-6-16-23-25-21-14-7-8-15-22(21)26(23)18-10-13-20-11-4-2-5-12-20/h2,4-5,7-8,10-15H,3,6,9,16-18H2,1H3,(H,24,27)/b13-10+. The highest BCUT2D eigenvalue weighted by atomic mass is 16.1. The lowest BCUT2D eigenvalue weighted by Gasteiger charge is -2.07. The molecule has 0 spiro atoms. The number of benzene rings is 2. The van der Waals surface area contributed by atoms with Crippen LogP contribution in [0.25, 0.3) is 17.1 Å². The maximum absolute atomic E-state index is 10.9. The van der Waals surface area contributed by atoms with Gasteiger partial charge in [0, 0.05) is 26.4 Å². The first-order valence-electron chi connectivity index (χ1n) is 9.64. The SMILES string of the molecule is CC(=O)NCCCCCc1nc2ccccc2n1C/C=C/c1ccccc1. The average Bonchev–Trinajstić information content (AvgIpc) is 3.03. The molecule has 4 nitrogen and oxygen atoms in total. The summed E-state index contributed by atoms with van der Waals surface area (Å²) < 4.78 is 2.31. The minimum Gasteiger partial charge on any atom is -0.356 e. The Balaban J connectivity index is 1.64. The maximum atomic E-state index is 10.9. The molecule has 1 N–H and O–H groups in total. The molecule has 0 unspecified atom stereocenters. The number of carbonyl (C=O) groups excluding carboxylic acids is 1. The molecule has 2 aromatic carbocycles. The van der Waals surface area contributed by atoms with E-state index in [1.165, 1.54) is 11.1 Å². The van der Waals surface area contributed by atoms with Crippen molar-refractivity contribution in [1.82, 2.24) is 14.9 Å². The molecule has 140 valence electrons. The number of aromatic nitrogens is 2. The van der Waals surface area contributed by atoms with Gasteiger partial charge in [0.2, 0.25) is 5.91 Å². The second-order valence-corrected chi connectivity index (χ2v) is 6.73. The Kier molecular flexibility index (Phi) is 6.80. The number of hydrogen-bond donors (Lipinski definition) is 1. The molecule has 1 amide bonds. The molecular formula is C23H27N3O. The van der Waals surface area contributed by atoms with Crippen LogP contribution in [0.2, 0.25) is 0 Å².